The van der Waals surface area contributed by atoms with Crippen molar-refractivity contribution in [3.63, 3.8) is 0 Å². The fourth-order valence-corrected chi connectivity index (χ4v) is 4.29. The smallest absolute Gasteiger partial charge is 0.119 e. The Kier molecular flexibility index (Phi) is 3.87. The summed E-state index contributed by atoms with van der Waals surface area (Å²) in [6.45, 7) is 9.55. The largest absolute Gasteiger partial charge is 0.497 e. The van der Waals surface area contributed by atoms with Crippen LogP contribution in [-0.4, -0.2) is 7.11 Å². The number of rotatable bonds is 2. The molecule has 0 saturated heterocycles. The van der Waals surface area contributed by atoms with E-state index in [1.807, 2.05) is 6.07 Å². The highest BCUT2D eigenvalue weighted by Crippen LogP contribution is 2.47. The maximum atomic E-state index is 5.39. The fraction of sp³-hybridized carbons (Fsp3) is 0.360. The van der Waals surface area contributed by atoms with Gasteiger partial charge in [0, 0.05) is 0 Å². The highest BCUT2D eigenvalue weighted by molar-refractivity contribution is 5.89. The zero-order valence-electron chi connectivity index (χ0n) is 16.5. The van der Waals surface area contributed by atoms with Crippen LogP contribution in [-0.2, 0) is 10.8 Å². The number of fused-ring (bicyclic) bond motifs is 2. The summed E-state index contributed by atoms with van der Waals surface area (Å²) in [5.74, 6) is 0.899. The minimum Gasteiger partial charge on any atom is -0.497 e. The molecule has 1 aliphatic carbocycles. The minimum atomic E-state index is 0.241. The van der Waals surface area contributed by atoms with Crippen LogP contribution in [0.5, 0.6) is 5.75 Å². The summed E-state index contributed by atoms with van der Waals surface area (Å²) in [5.41, 5.74) is 5.97. The lowest BCUT2D eigenvalue weighted by atomic mass is 9.63. The number of ether oxygens (including phenoxy) is 1. The summed E-state index contributed by atoms with van der Waals surface area (Å²) in [7, 11) is 1.72. The van der Waals surface area contributed by atoms with Crippen LogP contribution >= 0.6 is 0 Å². The summed E-state index contributed by atoms with van der Waals surface area (Å²) in [5, 5.41) is 2.66. The van der Waals surface area contributed by atoms with Crippen molar-refractivity contribution in [3.05, 3.63) is 65.7 Å². The molecule has 26 heavy (non-hydrogen) atoms. The van der Waals surface area contributed by atoms with Crippen LogP contribution < -0.4 is 4.74 Å². The van der Waals surface area contributed by atoms with E-state index in [-0.39, 0.29) is 10.8 Å². The Morgan fingerprint density at radius 2 is 1.31 bits per heavy atom. The molecule has 1 nitrogen and oxygen atoms in total. The predicted octanol–water partition coefficient (Wildman–Crippen LogP) is 6.86. The second kappa shape index (κ2) is 5.87. The van der Waals surface area contributed by atoms with Crippen molar-refractivity contribution in [2.45, 2.75) is 51.4 Å². The molecule has 0 unspecified atom stereocenters. The van der Waals surface area contributed by atoms with Crippen LogP contribution in [0.2, 0.25) is 0 Å². The van der Waals surface area contributed by atoms with Crippen molar-refractivity contribution in [1.82, 2.24) is 0 Å². The number of methoxy groups -OCH3 is 1. The van der Waals surface area contributed by atoms with Gasteiger partial charge in [0.05, 0.1) is 7.11 Å². The van der Waals surface area contributed by atoms with Gasteiger partial charge in [-0.25, -0.2) is 0 Å². The van der Waals surface area contributed by atoms with Gasteiger partial charge in [-0.05, 0) is 74.9 Å². The number of benzene rings is 3. The Balaban J connectivity index is 1.89. The second-order valence-corrected chi connectivity index (χ2v) is 8.96. The van der Waals surface area contributed by atoms with Gasteiger partial charge >= 0.3 is 0 Å². The van der Waals surface area contributed by atoms with E-state index in [9.17, 15) is 0 Å². The van der Waals surface area contributed by atoms with Gasteiger partial charge in [-0.1, -0.05) is 64.1 Å². The average Bonchev–Trinajstić information content (AvgIpc) is 2.64. The van der Waals surface area contributed by atoms with Crippen LogP contribution in [0.3, 0.4) is 0 Å². The second-order valence-electron chi connectivity index (χ2n) is 8.96. The zero-order valence-corrected chi connectivity index (χ0v) is 16.5. The molecule has 0 N–H and O–H groups in total. The maximum absolute atomic E-state index is 5.39. The fourth-order valence-electron chi connectivity index (χ4n) is 4.29. The molecule has 0 saturated carbocycles. The SMILES string of the molecule is COc1cccc(-c2ccc3cc4c(cc3c2)C(C)(C)CCC4(C)C)c1. The Morgan fingerprint density at radius 1 is 0.692 bits per heavy atom. The third-order valence-corrected chi connectivity index (χ3v) is 6.21. The first-order chi connectivity index (χ1) is 12.3. The van der Waals surface area contributed by atoms with Gasteiger partial charge in [0.15, 0.2) is 0 Å². The summed E-state index contributed by atoms with van der Waals surface area (Å²) >= 11 is 0. The molecule has 3 aromatic carbocycles. The van der Waals surface area contributed by atoms with Gasteiger partial charge in [-0.15, -0.1) is 0 Å². The molecule has 0 fully saturated rings. The predicted molar refractivity (Wildman–Crippen MR) is 111 cm³/mol. The van der Waals surface area contributed by atoms with Crippen LogP contribution in [0.25, 0.3) is 21.9 Å². The van der Waals surface area contributed by atoms with Crippen LogP contribution in [0.4, 0.5) is 0 Å². The summed E-state index contributed by atoms with van der Waals surface area (Å²) in [4.78, 5) is 0. The molecule has 0 bridgehead atoms. The Labute approximate surface area is 157 Å². The van der Waals surface area contributed by atoms with Gasteiger partial charge in [0.25, 0.3) is 0 Å². The van der Waals surface area contributed by atoms with Crippen molar-refractivity contribution in [2.75, 3.05) is 7.11 Å². The molecule has 4 rings (SSSR count). The van der Waals surface area contributed by atoms with Crippen LogP contribution in [0.15, 0.2) is 54.6 Å². The molecule has 0 atom stereocenters. The quantitative estimate of drug-likeness (QED) is 0.493. The van der Waals surface area contributed by atoms with Gasteiger partial charge < -0.3 is 4.74 Å². The van der Waals surface area contributed by atoms with Gasteiger partial charge in [-0.3, -0.25) is 0 Å². The van der Waals surface area contributed by atoms with E-state index in [0.717, 1.165) is 5.75 Å². The van der Waals surface area contributed by atoms with E-state index in [2.05, 4.69) is 76.2 Å². The van der Waals surface area contributed by atoms with Crippen molar-refractivity contribution in [1.29, 1.82) is 0 Å². The molecule has 1 aliphatic rings. The summed E-state index contributed by atoms with van der Waals surface area (Å²) in [6, 6.07) is 20.0. The molecular weight excluding hydrogens is 316 g/mol. The highest BCUT2D eigenvalue weighted by atomic mass is 16.5. The molecule has 0 radical (unpaired) electrons. The first-order valence-electron chi connectivity index (χ1n) is 9.53. The summed E-state index contributed by atoms with van der Waals surface area (Å²) in [6.07, 6.45) is 2.49. The van der Waals surface area contributed by atoms with E-state index < -0.39 is 0 Å². The first-order valence-corrected chi connectivity index (χ1v) is 9.53. The van der Waals surface area contributed by atoms with Crippen LogP contribution in [0, 0.1) is 0 Å². The molecule has 0 heterocycles. The summed E-state index contributed by atoms with van der Waals surface area (Å²) < 4.78 is 5.39. The van der Waals surface area contributed by atoms with Gasteiger partial charge in [0.2, 0.25) is 0 Å². The molecule has 3 aromatic rings. The molecule has 0 aromatic heterocycles. The Bertz CT molecular complexity index is 979. The van der Waals surface area contributed by atoms with E-state index in [1.54, 1.807) is 7.11 Å². The maximum Gasteiger partial charge on any atom is 0.119 e. The zero-order chi connectivity index (χ0) is 18.5. The number of hydrogen-bond donors (Lipinski definition) is 0. The van der Waals surface area contributed by atoms with Crippen molar-refractivity contribution in [2.24, 2.45) is 0 Å². The standard InChI is InChI=1S/C25H28O/c1-24(2)11-12-25(3,4)23-16-20-13-18(9-10-19(20)15-22(23)24)17-7-6-8-21(14-17)26-5/h6-10,13-16H,11-12H2,1-5H3. The van der Waals surface area contributed by atoms with E-state index in [0.29, 0.717) is 0 Å². The molecule has 0 aliphatic heterocycles. The highest BCUT2D eigenvalue weighted by Gasteiger charge is 2.37. The Hall–Kier alpha value is -2.28. The lowest BCUT2D eigenvalue weighted by molar-refractivity contribution is 0.332. The van der Waals surface area contributed by atoms with E-state index >= 15 is 0 Å². The minimum absolute atomic E-state index is 0.241. The topological polar surface area (TPSA) is 9.23 Å². The lowest BCUT2D eigenvalue weighted by Crippen LogP contribution is -2.33. The lowest BCUT2D eigenvalue weighted by Gasteiger charge is -2.42. The van der Waals surface area contributed by atoms with Crippen molar-refractivity contribution >= 4 is 10.8 Å². The Morgan fingerprint density at radius 3 is 1.96 bits per heavy atom. The molecule has 0 amide bonds. The molecular formula is C25H28O. The van der Waals surface area contributed by atoms with Crippen LogP contribution in [0.1, 0.15) is 51.7 Å². The van der Waals surface area contributed by atoms with Crippen molar-refractivity contribution in [3.8, 4) is 16.9 Å². The van der Waals surface area contributed by atoms with E-state index in [1.165, 1.54) is 45.9 Å². The molecule has 0 spiro atoms. The first kappa shape index (κ1) is 17.1. The van der Waals surface area contributed by atoms with Gasteiger partial charge in [-0.2, -0.15) is 0 Å². The monoisotopic (exact) mass is 344 g/mol. The number of hydrogen-bond acceptors (Lipinski definition) is 1. The molecule has 1 heteroatoms. The van der Waals surface area contributed by atoms with E-state index in [4.69, 9.17) is 4.74 Å². The third kappa shape index (κ3) is 2.80. The van der Waals surface area contributed by atoms with Crippen molar-refractivity contribution < 1.29 is 4.74 Å². The normalized spacial score (nSPS) is 17.7. The average molecular weight is 344 g/mol. The van der Waals surface area contributed by atoms with Gasteiger partial charge in [0.1, 0.15) is 5.75 Å². The molecule has 134 valence electrons. The third-order valence-electron chi connectivity index (χ3n) is 6.21.